The molecule has 1 heterocycles. The first-order valence-electron chi connectivity index (χ1n) is 8.43. The highest BCUT2D eigenvalue weighted by atomic mass is 16.4. The molecule has 3 aliphatic rings. The van der Waals surface area contributed by atoms with Crippen molar-refractivity contribution < 1.29 is 19.5 Å². The van der Waals surface area contributed by atoms with Gasteiger partial charge in [0, 0.05) is 24.7 Å². The summed E-state index contributed by atoms with van der Waals surface area (Å²) >= 11 is 0. The standard InChI is InChI=1S/C18H20N2O4/c21-15(20-8-13-14(9-20)16(13)18(23)24)7-10-1-5-12(6-2-10)19-17(22)11-3-4-11/h1-2,5-6,11,13-14,16H,3-4,7-9H2,(H,19,22)(H,23,24). The molecule has 1 saturated heterocycles. The molecular formula is C18H20N2O4. The summed E-state index contributed by atoms with van der Waals surface area (Å²) in [5.41, 5.74) is 1.66. The van der Waals surface area contributed by atoms with Crippen LogP contribution >= 0.6 is 0 Å². The molecule has 24 heavy (non-hydrogen) atoms. The first-order chi connectivity index (χ1) is 11.5. The zero-order valence-electron chi connectivity index (χ0n) is 13.3. The van der Waals surface area contributed by atoms with Crippen molar-refractivity contribution in [3.63, 3.8) is 0 Å². The van der Waals surface area contributed by atoms with E-state index in [9.17, 15) is 14.4 Å². The molecular weight excluding hydrogens is 308 g/mol. The minimum absolute atomic E-state index is 0.0427. The van der Waals surface area contributed by atoms with Crippen LogP contribution in [0, 0.1) is 23.7 Å². The van der Waals surface area contributed by atoms with Gasteiger partial charge in [0.2, 0.25) is 11.8 Å². The van der Waals surface area contributed by atoms with E-state index < -0.39 is 5.97 Å². The summed E-state index contributed by atoms with van der Waals surface area (Å²) < 4.78 is 0. The van der Waals surface area contributed by atoms with Crippen LogP contribution in [0.5, 0.6) is 0 Å². The van der Waals surface area contributed by atoms with E-state index >= 15 is 0 Å². The number of carbonyl (C=O) groups is 3. The van der Waals surface area contributed by atoms with E-state index in [4.69, 9.17) is 5.11 Å². The van der Waals surface area contributed by atoms with Gasteiger partial charge in [-0.15, -0.1) is 0 Å². The average Bonchev–Trinajstić information content (AvgIpc) is 3.46. The number of carboxylic acids is 1. The summed E-state index contributed by atoms with van der Waals surface area (Å²) in [5, 5.41) is 11.9. The Kier molecular flexibility index (Phi) is 3.55. The fourth-order valence-electron chi connectivity index (χ4n) is 3.68. The summed E-state index contributed by atoms with van der Waals surface area (Å²) in [6.07, 6.45) is 2.26. The molecule has 2 aliphatic carbocycles. The first kappa shape index (κ1) is 15.2. The maximum Gasteiger partial charge on any atom is 0.307 e. The van der Waals surface area contributed by atoms with Crippen LogP contribution in [0.4, 0.5) is 5.69 Å². The molecule has 6 heteroatoms. The number of aliphatic carboxylic acids is 1. The van der Waals surface area contributed by atoms with E-state index in [1.54, 1.807) is 4.90 Å². The Morgan fingerprint density at radius 3 is 2.25 bits per heavy atom. The molecule has 1 aliphatic heterocycles. The van der Waals surface area contributed by atoms with E-state index in [1.807, 2.05) is 24.3 Å². The smallest absolute Gasteiger partial charge is 0.307 e. The van der Waals surface area contributed by atoms with Crippen molar-refractivity contribution in [2.75, 3.05) is 18.4 Å². The lowest BCUT2D eigenvalue weighted by Gasteiger charge is -2.19. The number of nitrogens with zero attached hydrogens (tertiary/aromatic N) is 1. The maximum atomic E-state index is 12.3. The molecule has 0 spiro atoms. The number of likely N-dealkylation sites (tertiary alicyclic amines) is 1. The monoisotopic (exact) mass is 328 g/mol. The molecule has 0 radical (unpaired) electrons. The Bertz CT molecular complexity index is 683. The van der Waals surface area contributed by atoms with Crippen molar-refractivity contribution in [3.05, 3.63) is 29.8 Å². The predicted molar refractivity (Wildman–Crippen MR) is 86.2 cm³/mol. The normalized spacial score (nSPS) is 27.5. The van der Waals surface area contributed by atoms with Crippen LogP contribution in [0.25, 0.3) is 0 Å². The van der Waals surface area contributed by atoms with Gasteiger partial charge in [-0.1, -0.05) is 12.1 Å². The summed E-state index contributed by atoms with van der Waals surface area (Å²) in [6.45, 7) is 1.13. The highest BCUT2D eigenvalue weighted by Crippen LogP contribution is 2.51. The molecule has 2 saturated carbocycles. The van der Waals surface area contributed by atoms with Crippen LogP contribution in [0.1, 0.15) is 18.4 Å². The average molecular weight is 328 g/mol. The number of hydrogen-bond donors (Lipinski definition) is 2. The summed E-state index contributed by atoms with van der Waals surface area (Å²) in [6, 6.07) is 7.37. The Balaban J connectivity index is 1.29. The molecule has 6 nitrogen and oxygen atoms in total. The first-order valence-corrected chi connectivity index (χ1v) is 8.43. The Labute approximate surface area is 139 Å². The number of piperidine rings is 1. The van der Waals surface area contributed by atoms with Crippen LogP contribution < -0.4 is 5.32 Å². The van der Waals surface area contributed by atoms with E-state index in [0.717, 1.165) is 24.1 Å². The minimum Gasteiger partial charge on any atom is -0.481 e. The maximum absolute atomic E-state index is 12.3. The fraction of sp³-hybridized carbons (Fsp3) is 0.500. The van der Waals surface area contributed by atoms with E-state index in [0.29, 0.717) is 19.5 Å². The van der Waals surface area contributed by atoms with Gasteiger partial charge in [-0.25, -0.2) is 0 Å². The van der Waals surface area contributed by atoms with Crippen molar-refractivity contribution >= 4 is 23.5 Å². The summed E-state index contributed by atoms with van der Waals surface area (Å²) in [5.74, 6) is -0.408. The van der Waals surface area contributed by atoms with Crippen molar-refractivity contribution in [2.45, 2.75) is 19.3 Å². The molecule has 3 fully saturated rings. The SMILES string of the molecule is O=C(Nc1ccc(CC(=O)N2CC3C(C2)C3C(=O)O)cc1)C1CC1. The van der Waals surface area contributed by atoms with Crippen molar-refractivity contribution in [1.29, 1.82) is 0 Å². The highest BCUT2D eigenvalue weighted by molar-refractivity contribution is 5.94. The zero-order chi connectivity index (χ0) is 16.8. The van der Waals surface area contributed by atoms with Crippen molar-refractivity contribution in [3.8, 4) is 0 Å². The van der Waals surface area contributed by atoms with Gasteiger partial charge >= 0.3 is 5.97 Å². The lowest BCUT2D eigenvalue weighted by molar-refractivity contribution is -0.140. The lowest BCUT2D eigenvalue weighted by Crippen LogP contribution is -2.33. The van der Waals surface area contributed by atoms with Gasteiger partial charge in [0.05, 0.1) is 12.3 Å². The van der Waals surface area contributed by atoms with Crippen LogP contribution in [0.15, 0.2) is 24.3 Å². The molecule has 2 unspecified atom stereocenters. The zero-order valence-corrected chi connectivity index (χ0v) is 13.3. The number of amides is 2. The fourth-order valence-corrected chi connectivity index (χ4v) is 3.68. The topological polar surface area (TPSA) is 86.7 Å². The van der Waals surface area contributed by atoms with Crippen LogP contribution in [-0.2, 0) is 20.8 Å². The van der Waals surface area contributed by atoms with E-state index in [-0.39, 0.29) is 35.5 Å². The molecule has 1 aromatic rings. The third-order valence-electron chi connectivity index (χ3n) is 5.36. The Hall–Kier alpha value is -2.37. The Morgan fingerprint density at radius 1 is 1.08 bits per heavy atom. The van der Waals surface area contributed by atoms with Gasteiger partial charge in [0.25, 0.3) is 0 Å². The predicted octanol–water partition coefficient (Wildman–Crippen LogP) is 1.37. The van der Waals surface area contributed by atoms with Gasteiger partial charge in [-0.3, -0.25) is 14.4 Å². The van der Waals surface area contributed by atoms with Gasteiger partial charge < -0.3 is 15.3 Å². The van der Waals surface area contributed by atoms with Gasteiger partial charge in [0.1, 0.15) is 0 Å². The van der Waals surface area contributed by atoms with Crippen molar-refractivity contribution in [2.24, 2.45) is 23.7 Å². The lowest BCUT2D eigenvalue weighted by atomic mass is 10.1. The number of carbonyl (C=O) groups excluding carboxylic acids is 2. The van der Waals surface area contributed by atoms with Crippen LogP contribution in [-0.4, -0.2) is 40.9 Å². The molecule has 126 valence electrons. The quantitative estimate of drug-likeness (QED) is 0.854. The number of benzene rings is 1. The number of anilines is 1. The molecule has 4 rings (SSSR count). The van der Waals surface area contributed by atoms with Gasteiger partial charge in [-0.2, -0.15) is 0 Å². The second kappa shape index (κ2) is 5.61. The molecule has 0 aromatic heterocycles. The summed E-state index contributed by atoms with van der Waals surface area (Å²) in [4.78, 5) is 36.8. The second-order valence-corrected chi connectivity index (χ2v) is 7.13. The summed E-state index contributed by atoms with van der Waals surface area (Å²) in [7, 11) is 0. The highest BCUT2D eigenvalue weighted by Gasteiger charge is 2.60. The van der Waals surface area contributed by atoms with Gasteiger partial charge in [0.15, 0.2) is 0 Å². The Morgan fingerprint density at radius 2 is 1.71 bits per heavy atom. The van der Waals surface area contributed by atoms with E-state index in [2.05, 4.69) is 5.32 Å². The second-order valence-electron chi connectivity index (χ2n) is 7.13. The minimum atomic E-state index is -0.735. The van der Waals surface area contributed by atoms with Gasteiger partial charge in [-0.05, 0) is 42.4 Å². The molecule has 2 N–H and O–H groups in total. The molecule has 2 amide bonds. The van der Waals surface area contributed by atoms with Crippen molar-refractivity contribution in [1.82, 2.24) is 4.90 Å². The molecule has 2 atom stereocenters. The third kappa shape index (κ3) is 2.88. The number of hydrogen-bond acceptors (Lipinski definition) is 3. The number of fused-ring (bicyclic) bond motifs is 1. The molecule has 0 bridgehead atoms. The molecule has 1 aromatic carbocycles. The number of rotatable bonds is 5. The largest absolute Gasteiger partial charge is 0.481 e. The number of carboxylic acid groups (broad SMARTS) is 1. The van der Waals surface area contributed by atoms with Crippen LogP contribution in [0.2, 0.25) is 0 Å². The third-order valence-corrected chi connectivity index (χ3v) is 5.36. The number of nitrogens with one attached hydrogen (secondary N) is 1. The van der Waals surface area contributed by atoms with Crippen LogP contribution in [0.3, 0.4) is 0 Å². The van der Waals surface area contributed by atoms with E-state index in [1.165, 1.54) is 0 Å².